The molecule has 0 spiro atoms. The smallest absolute Gasteiger partial charge is 0.263 e. The summed E-state index contributed by atoms with van der Waals surface area (Å²) >= 11 is 1.32. The Balaban J connectivity index is 1.77. The van der Waals surface area contributed by atoms with Crippen LogP contribution in [-0.2, 0) is 6.54 Å². The van der Waals surface area contributed by atoms with E-state index in [4.69, 9.17) is 14.2 Å². The Morgan fingerprint density at radius 1 is 1.11 bits per heavy atom. The number of hydrogen-bond donors (Lipinski definition) is 1. The van der Waals surface area contributed by atoms with Gasteiger partial charge in [-0.3, -0.25) is 9.78 Å². The molecular weight excluding hydrogens is 378 g/mol. The number of pyridine rings is 1. The van der Waals surface area contributed by atoms with Gasteiger partial charge in [0.25, 0.3) is 5.91 Å². The molecule has 0 aliphatic rings. The summed E-state index contributed by atoms with van der Waals surface area (Å²) in [5.74, 6) is 1.40. The summed E-state index contributed by atoms with van der Waals surface area (Å²) < 4.78 is 16.0. The summed E-state index contributed by atoms with van der Waals surface area (Å²) in [6, 6.07) is 9.22. The Kier molecular flexibility index (Phi) is 6.10. The average molecular weight is 399 g/mol. The van der Waals surface area contributed by atoms with Crippen LogP contribution in [0.25, 0.3) is 10.7 Å². The van der Waals surface area contributed by atoms with E-state index in [9.17, 15) is 4.79 Å². The summed E-state index contributed by atoms with van der Waals surface area (Å²) in [6.45, 7) is 2.13. The van der Waals surface area contributed by atoms with Crippen LogP contribution >= 0.6 is 11.3 Å². The fraction of sp³-hybridized carbons (Fsp3) is 0.250. The highest BCUT2D eigenvalue weighted by Crippen LogP contribution is 2.38. The van der Waals surface area contributed by atoms with E-state index in [2.05, 4.69) is 15.3 Å². The Morgan fingerprint density at radius 3 is 2.39 bits per heavy atom. The van der Waals surface area contributed by atoms with Crippen molar-refractivity contribution < 1.29 is 19.0 Å². The van der Waals surface area contributed by atoms with Crippen molar-refractivity contribution in [3.63, 3.8) is 0 Å². The van der Waals surface area contributed by atoms with Crippen molar-refractivity contribution in [2.24, 2.45) is 0 Å². The summed E-state index contributed by atoms with van der Waals surface area (Å²) in [5, 5.41) is 3.64. The third-order valence-electron chi connectivity index (χ3n) is 4.06. The molecule has 28 heavy (non-hydrogen) atoms. The van der Waals surface area contributed by atoms with Gasteiger partial charge >= 0.3 is 0 Å². The number of thiazole rings is 1. The van der Waals surface area contributed by atoms with Gasteiger partial charge in [-0.15, -0.1) is 11.3 Å². The molecule has 3 aromatic rings. The number of hydrogen-bond acceptors (Lipinski definition) is 7. The van der Waals surface area contributed by atoms with E-state index in [1.54, 1.807) is 39.7 Å². The first kappa shape index (κ1) is 19.6. The minimum Gasteiger partial charge on any atom is -0.493 e. The second kappa shape index (κ2) is 8.71. The Morgan fingerprint density at radius 2 is 1.82 bits per heavy atom. The van der Waals surface area contributed by atoms with Crippen LogP contribution in [0.3, 0.4) is 0 Å². The Hall–Kier alpha value is -3.13. The lowest BCUT2D eigenvalue weighted by atomic mass is 10.1. The zero-order valence-corrected chi connectivity index (χ0v) is 16.9. The molecule has 0 saturated carbocycles. The van der Waals surface area contributed by atoms with E-state index in [1.165, 1.54) is 11.3 Å². The molecule has 1 amide bonds. The van der Waals surface area contributed by atoms with E-state index < -0.39 is 0 Å². The summed E-state index contributed by atoms with van der Waals surface area (Å²) in [6.07, 6.45) is 1.70. The molecule has 0 saturated heterocycles. The summed E-state index contributed by atoms with van der Waals surface area (Å²) in [5.41, 5.74) is 2.25. The number of aryl methyl sites for hydroxylation is 1. The largest absolute Gasteiger partial charge is 0.493 e. The van der Waals surface area contributed by atoms with Gasteiger partial charge in [0.1, 0.15) is 9.88 Å². The predicted octanol–water partition coefficient (Wildman–Crippen LogP) is 3.47. The summed E-state index contributed by atoms with van der Waals surface area (Å²) in [4.78, 5) is 22.0. The van der Waals surface area contributed by atoms with Crippen LogP contribution in [0.2, 0.25) is 0 Å². The van der Waals surface area contributed by atoms with Crippen LogP contribution < -0.4 is 19.5 Å². The van der Waals surface area contributed by atoms with Gasteiger partial charge in [0, 0.05) is 12.7 Å². The molecule has 0 fully saturated rings. The maximum absolute atomic E-state index is 12.7. The molecule has 1 aromatic carbocycles. The molecule has 0 radical (unpaired) electrons. The lowest BCUT2D eigenvalue weighted by Crippen LogP contribution is -2.22. The second-order valence-corrected chi connectivity index (χ2v) is 6.86. The third kappa shape index (κ3) is 4.07. The van der Waals surface area contributed by atoms with Crippen molar-refractivity contribution in [3.05, 3.63) is 52.7 Å². The number of amides is 1. The second-order valence-electron chi connectivity index (χ2n) is 5.86. The molecule has 0 aliphatic heterocycles. The quantitative estimate of drug-likeness (QED) is 0.655. The van der Waals surface area contributed by atoms with E-state index in [-0.39, 0.29) is 5.91 Å². The standard InChI is InChI=1S/C20H21N3O4S/c1-12-18(28-20(23-12)14-7-5-6-8-21-14)19(24)22-11-13-9-15(25-2)17(27-4)16(10-13)26-3/h5-10H,11H2,1-4H3,(H,22,24). The number of nitrogens with zero attached hydrogens (tertiary/aromatic N) is 2. The van der Waals surface area contributed by atoms with Crippen LogP contribution in [0, 0.1) is 6.92 Å². The molecule has 146 valence electrons. The van der Waals surface area contributed by atoms with Crippen molar-refractivity contribution in [2.45, 2.75) is 13.5 Å². The fourth-order valence-corrected chi connectivity index (χ4v) is 3.67. The molecule has 7 nitrogen and oxygen atoms in total. The Bertz CT molecular complexity index is 948. The Labute approximate surface area is 167 Å². The molecule has 8 heteroatoms. The molecule has 0 bridgehead atoms. The molecule has 0 unspecified atom stereocenters. The predicted molar refractivity (Wildman–Crippen MR) is 107 cm³/mol. The number of rotatable bonds is 7. The molecule has 0 atom stereocenters. The number of benzene rings is 1. The lowest BCUT2D eigenvalue weighted by Gasteiger charge is -2.14. The average Bonchev–Trinajstić information content (AvgIpc) is 3.13. The van der Waals surface area contributed by atoms with Gasteiger partial charge in [-0.25, -0.2) is 4.98 Å². The van der Waals surface area contributed by atoms with Gasteiger partial charge in [0.15, 0.2) is 11.5 Å². The molecule has 0 aliphatic carbocycles. The number of methoxy groups -OCH3 is 3. The van der Waals surface area contributed by atoms with E-state index in [0.717, 1.165) is 16.3 Å². The van der Waals surface area contributed by atoms with E-state index >= 15 is 0 Å². The normalized spacial score (nSPS) is 10.4. The van der Waals surface area contributed by atoms with Crippen LogP contribution in [0.4, 0.5) is 0 Å². The molecule has 2 heterocycles. The highest BCUT2D eigenvalue weighted by molar-refractivity contribution is 7.17. The first-order chi connectivity index (χ1) is 13.6. The number of aromatic nitrogens is 2. The SMILES string of the molecule is COc1cc(CNC(=O)c2sc(-c3ccccn3)nc2C)cc(OC)c1OC. The number of carbonyl (C=O) groups is 1. The van der Waals surface area contributed by atoms with Gasteiger partial charge in [-0.1, -0.05) is 6.07 Å². The van der Waals surface area contributed by atoms with E-state index in [1.807, 2.05) is 25.1 Å². The van der Waals surface area contributed by atoms with Crippen molar-refractivity contribution in [2.75, 3.05) is 21.3 Å². The maximum Gasteiger partial charge on any atom is 0.263 e. The lowest BCUT2D eigenvalue weighted by molar-refractivity contribution is 0.0954. The highest BCUT2D eigenvalue weighted by Gasteiger charge is 2.18. The maximum atomic E-state index is 12.7. The fourth-order valence-electron chi connectivity index (χ4n) is 2.71. The van der Waals surface area contributed by atoms with Gasteiger partial charge in [0.2, 0.25) is 5.75 Å². The van der Waals surface area contributed by atoms with Crippen LogP contribution in [0.15, 0.2) is 36.5 Å². The van der Waals surface area contributed by atoms with Gasteiger partial charge in [-0.05, 0) is 36.8 Å². The molecule has 3 rings (SSSR count). The summed E-state index contributed by atoms with van der Waals surface area (Å²) in [7, 11) is 4.66. The van der Waals surface area contributed by atoms with Crippen molar-refractivity contribution >= 4 is 17.2 Å². The zero-order chi connectivity index (χ0) is 20.1. The molecule has 1 N–H and O–H groups in total. The first-order valence-electron chi connectivity index (χ1n) is 8.53. The monoisotopic (exact) mass is 399 g/mol. The van der Waals surface area contributed by atoms with E-state index in [0.29, 0.717) is 34.4 Å². The van der Waals surface area contributed by atoms with Crippen LogP contribution in [-0.4, -0.2) is 37.2 Å². The van der Waals surface area contributed by atoms with Crippen molar-refractivity contribution in [1.82, 2.24) is 15.3 Å². The highest BCUT2D eigenvalue weighted by atomic mass is 32.1. The minimum absolute atomic E-state index is 0.189. The van der Waals surface area contributed by atoms with Crippen LogP contribution in [0.1, 0.15) is 20.9 Å². The van der Waals surface area contributed by atoms with Gasteiger partial charge < -0.3 is 19.5 Å². The third-order valence-corrected chi connectivity index (χ3v) is 5.24. The zero-order valence-electron chi connectivity index (χ0n) is 16.1. The molecular formula is C20H21N3O4S. The van der Waals surface area contributed by atoms with Crippen molar-refractivity contribution in [1.29, 1.82) is 0 Å². The number of ether oxygens (including phenoxy) is 3. The topological polar surface area (TPSA) is 82.6 Å². The number of nitrogens with one attached hydrogen (secondary N) is 1. The molecule has 2 aromatic heterocycles. The first-order valence-corrected chi connectivity index (χ1v) is 9.35. The van der Waals surface area contributed by atoms with Crippen LogP contribution in [0.5, 0.6) is 17.2 Å². The number of carbonyl (C=O) groups excluding carboxylic acids is 1. The van der Waals surface area contributed by atoms with Gasteiger partial charge in [-0.2, -0.15) is 0 Å². The van der Waals surface area contributed by atoms with Gasteiger partial charge in [0.05, 0.1) is 32.7 Å². The minimum atomic E-state index is -0.189. The van der Waals surface area contributed by atoms with Crippen molar-refractivity contribution in [3.8, 4) is 28.0 Å².